The van der Waals surface area contributed by atoms with Crippen LogP contribution in [0.5, 0.6) is 0 Å². The lowest BCUT2D eigenvalue weighted by Gasteiger charge is -2.39. The van der Waals surface area contributed by atoms with Crippen molar-refractivity contribution in [3.8, 4) is 0 Å². The Labute approximate surface area is 394 Å². The van der Waals surface area contributed by atoms with E-state index in [0.717, 1.165) is 103 Å². The number of hydrogen-bond acceptors (Lipinski definition) is 10. The average Bonchev–Trinajstić information content (AvgIpc) is 3.30. The van der Waals surface area contributed by atoms with E-state index in [1.165, 1.54) is 38.5 Å². The van der Waals surface area contributed by atoms with E-state index in [2.05, 4.69) is 111 Å². The Morgan fingerprint density at radius 3 is 1.29 bits per heavy atom. The number of allylic oxidation sites excluding steroid dienone is 16. The van der Waals surface area contributed by atoms with Crippen LogP contribution in [-0.2, 0) is 28.5 Å². The lowest BCUT2D eigenvalue weighted by molar-refractivity contribution is -0.305. The summed E-state index contributed by atoms with van der Waals surface area (Å²) in [4.78, 5) is 25.4. The van der Waals surface area contributed by atoms with Gasteiger partial charge in [0.15, 0.2) is 12.4 Å². The highest BCUT2D eigenvalue weighted by molar-refractivity contribution is 5.70. The van der Waals surface area contributed by atoms with E-state index in [1.54, 1.807) is 0 Å². The summed E-state index contributed by atoms with van der Waals surface area (Å²) >= 11 is 0. The summed E-state index contributed by atoms with van der Waals surface area (Å²) in [5, 5.41) is 40.2. The van der Waals surface area contributed by atoms with E-state index in [-0.39, 0.29) is 26.1 Å². The van der Waals surface area contributed by atoms with Crippen LogP contribution < -0.4 is 0 Å². The fourth-order valence-corrected chi connectivity index (χ4v) is 7.05. The zero-order valence-corrected chi connectivity index (χ0v) is 40.4. The molecule has 1 aliphatic heterocycles. The van der Waals surface area contributed by atoms with Crippen LogP contribution in [-0.4, -0.2) is 89.0 Å². The minimum Gasteiger partial charge on any atom is -0.462 e. The zero-order valence-electron chi connectivity index (χ0n) is 40.4. The van der Waals surface area contributed by atoms with Crippen molar-refractivity contribution >= 4 is 11.9 Å². The number of aliphatic hydroxyl groups excluding tert-OH is 4. The van der Waals surface area contributed by atoms with Crippen LogP contribution in [0, 0.1) is 0 Å². The van der Waals surface area contributed by atoms with Crippen LogP contribution in [0.15, 0.2) is 97.2 Å². The molecule has 0 amide bonds. The van der Waals surface area contributed by atoms with Crippen molar-refractivity contribution in [2.45, 2.75) is 218 Å². The molecule has 0 saturated carbocycles. The summed E-state index contributed by atoms with van der Waals surface area (Å²) in [6, 6.07) is 0. The number of aliphatic hydroxyl groups is 4. The van der Waals surface area contributed by atoms with Crippen LogP contribution in [0.4, 0.5) is 0 Å². The second-order valence-corrected chi connectivity index (χ2v) is 16.9. The van der Waals surface area contributed by atoms with Gasteiger partial charge in [-0.25, -0.2) is 0 Å². The molecule has 370 valence electrons. The fraction of sp³-hybridized carbons (Fsp3) is 0.673. The first-order valence-electron chi connectivity index (χ1n) is 25.3. The van der Waals surface area contributed by atoms with Gasteiger partial charge in [0.05, 0.1) is 13.2 Å². The van der Waals surface area contributed by atoms with Crippen LogP contribution in [0.25, 0.3) is 0 Å². The summed E-state index contributed by atoms with van der Waals surface area (Å²) in [5.74, 6) is -0.846. The topological polar surface area (TPSA) is 152 Å². The molecule has 4 N–H and O–H groups in total. The quantitative estimate of drug-likeness (QED) is 0.0265. The van der Waals surface area contributed by atoms with Crippen LogP contribution >= 0.6 is 0 Å². The molecule has 1 fully saturated rings. The summed E-state index contributed by atoms with van der Waals surface area (Å²) in [6.45, 7) is 3.17. The van der Waals surface area contributed by atoms with Gasteiger partial charge in [-0.2, -0.15) is 0 Å². The van der Waals surface area contributed by atoms with Gasteiger partial charge in [-0.1, -0.05) is 175 Å². The molecule has 0 aromatic carbocycles. The summed E-state index contributed by atoms with van der Waals surface area (Å²) in [7, 11) is 0. The van der Waals surface area contributed by atoms with Crippen molar-refractivity contribution in [1.82, 2.24) is 0 Å². The second kappa shape index (κ2) is 44.5. The molecule has 1 heterocycles. The van der Waals surface area contributed by atoms with Gasteiger partial charge in [0.1, 0.15) is 31.0 Å². The molecule has 1 aliphatic rings. The van der Waals surface area contributed by atoms with Gasteiger partial charge in [-0.15, -0.1) is 0 Å². The lowest BCUT2D eigenvalue weighted by atomic mass is 9.99. The number of unbranched alkanes of at least 4 members (excludes halogenated alkanes) is 14. The highest BCUT2D eigenvalue weighted by Gasteiger charge is 2.44. The molecule has 0 aromatic heterocycles. The van der Waals surface area contributed by atoms with Crippen molar-refractivity contribution in [1.29, 1.82) is 0 Å². The number of ether oxygens (including phenoxy) is 4. The van der Waals surface area contributed by atoms with Crippen LogP contribution in [0.2, 0.25) is 0 Å². The predicted octanol–water partition coefficient (Wildman–Crippen LogP) is 11.9. The third kappa shape index (κ3) is 35.5. The van der Waals surface area contributed by atoms with E-state index in [9.17, 15) is 30.0 Å². The average molecular weight is 911 g/mol. The third-order valence-electron chi connectivity index (χ3n) is 11.0. The number of carbonyl (C=O) groups excluding carboxylic acids is 2. The number of hydrogen-bond donors (Lipinski definition) is 4. The molecular weight excluding hydrogens is 821 g/mol. The standard InChI is InChI=1S/C55H90O10/c1-3-5-7-9-11-13-15-17-19-21-22-23-24-25-26-28-30-32-34-36-38-40-42-44-51(58)64-48(47-63-55-54(61)53(60)52(59)49(45-56)65-55)46-62-50(57)43-41-39-37-35-33-31-29-27-20-18-16-14-12-10-8-6-4-2/h5-8,11-14,17-20,22-23,29,31,48-49,52-56,59-61H,3-4,9-10,15-16,21,24-28,30,32-47H2,1-2H3/b7-5-,8-6-,13-11-,14-12-,19-17-,20-18-,23-22-,31-29-. The van der Waals surface area contributed by atoms with Gasteiger partial charge in [0, 0.05) is 12.8 Å². The van der Waals surface area contributed by atoms with Gasteiger partial charge < -0.3 is 39.4 Å². The zero-order chi connectivity index (χ0) is 47.3. The Balaban J connectivity index is 2.29. The molecule has 1 saturated heterocycles. The SMILES string of the molecule is CC/C=C\C/C=C\C/C=C\C/C=C\CCCCCCCCCCCCC(=O)OC(COC(=O)CCCCCC/C=C\C/C=C\C/C=C\C/C=C\CC)COC1OC(CO)C(O)C(O)C1O. The summed E-state index contributed by atoms with van der Waals surface area (Å²) < 4.78 is 22.2. The monoisotopic (exact) mass is 911 g/mol. The first-order chi connectivity index (χ1) is 31.8. The number of rotatable bonds is 41. The van der Waals surface area contributed by atoms with Gasteiger partial charge in [-0.05, 0) is 89.9 Å². The predicted molar refractivity (Wildman–Crippen MR) is 265 cm³/mol. The normalized spacial score (nSPS) is 20.1. The molecule has 0 bridgehead atoms. The number of esters is 2. The van der Waals surface area contributed by atoms with Crippen molar-refractivity contribution < 1.29 is 49.0 Å². The molecule has 0 radical (unpaired) electrons. The van der Waals surface area contributed by atoms with E-state index in [1.807, 2.05) is 0 Å². The first kappa shape index (κ1) is 59.6. The molecular formula is C55H90O10. The largest absolute Gasteiger partial charge is 0.462 e. The van der Waals surface area contributed by atoms with Crippen molar-refractivity contribution in [3.05, 3.63) is 97.2 Å². The van der Waals surface area contributed by atoms with Crippen LogP contribution in [0.3, 0.4) is 0 Å². The van der Waals surface area contributed by atoms with E-state index in [0.29, 0.717) is 12.8 Å². The minimum atomic E-state index is -1.61. The molecule has 10 heteroatoms. The molecule has 1 rings (SSSR count). The third-order valence-corrected chi connectivity index (χ3v) is 11.0. The minimum absolute atomic E-state index is 0.213. The molecule has 6 atom stereocenters. The molecule has 10 nitrogen and oxygen atoms in total. The molecule has 0 spiro atoms. The molecule has 0 aromatic rings. The lowest BCUT2D eigenvalue weighted by Crippen LogP contribution is -2.59. The maximum Gasteiger partial charge on any atom is 0.306 e. The van der Waals surface area contributed by atoms with Crippen LogP contribution in [0.1, 0.15) is 181 Å². The molecule has 65 heavy (non-hydrogen) atoms. The van der Waals surface area contributed by atoms with E-state index < -0.39 is 55.4 Å². The maximum atomic E-state index is 12.8. The van der Waals surface area contributed by atoms with E-state index >= 15 is 0 Å². The molecule has 6 unspecified atom stereocenters. The van der Waals surface area contributed by atoms with Gasteiger partial charge >= 0.3 is 11.9 Å². The fourth-order valence-electron chi connectivity index (χ4n) is 7.05. The van der Waals surface area contributed by atoms with Crippen molar-refractivity contribution in [3.63, 3.8) is 0 Å². The summed E-state index contributed by atoms with van der Waals surface area (Å²) in [5.41, 5.74) is 0. The summed E-state index contributed by atoms with van der Waals surface area (Å²) in [6.07, 6.45) is 52.6. The van der Waals surface area contributed by atoms with Crippen molar-refractivity contribution in [2.24, 2.45) is 0 Å². The Bertz CT molecular complexity index is 1380. The van der Waals surface area contributed by atoms with Crippen molar-refractivity contribution in [2.75, 3.05) is 19.8 Å². The Morgan fingerprint density at radius 2 is 0.862 bits per heavy atom. The van der Waals surface area contributed by atoms with Gasteiger partial charge in [0.25, 0.3) is 0 Å². The molecule has 0 aliphatic carbocycles. The first-order valence-corrected chi connectivity index (χ1v) is 25.3. The Kier molecular flexibility index (Phi) is 40.8. The Hall–Kier alpha value is -3.38. The Morgan fingerprint density at radius 1 is 0.477 bits per heavy atom. The number of carbonyl (C=O) groups is 2. The second-order valence-electron chi connectivity index (χ2n) is 16.9. The van der Waals surface area contributed by atoms with Gasteiger partial charge in [-0.3, -0.25) is 9.59 Å². The maximum absolute atomic E-state index is 12.8. The van der Waals surface area contributed by atoms with Gasteiger partial charge in [0.2, 0.25) is 0 Å². The smallest absolute Gasteiger partial charge is 0.306 e. The van der Waals surface area contributed by atoms with E-state index in [4.69, 9.17) is 18.9 Å². The highest BCUT2D eigenvalue weighted by atomic mass is 16.7. The highest BCUT2D eigenvalue weighted by Crippen LogP contribution is 2.23.